The first-order chi connectivity index (χ1) is 13.1. The Kier molecular flexibility index (Phi) is 19.8. The first-order valence-corrected chi connectivity index (χ1v) is 11.0. The van der Waals surface area contributed by atoms with Crippen LogP contribution in [-0.2, 0) is 6.42 Å². The van der Waals surface area contributed by atoms with E-state index in [4.69, 9.17) is 0 Å². The van der Waals surface area contributed by atoms with Crippen molar-refractivity contribution in [3.05, 3.63) is 75.1 Å². The van der Waals surface area contributed by atoms with Gasteiger partial charge in [-0.15, -0.1) is 0 Å². The van der Waals surface area contributed by atoms with Crippen molar-refractivity contribution in [1.82, 2.24) is 10.2 Å². The summed E-state index contributed by atoms with van der Waals surface area (Å²) < 4.78 is 1.30. The topological polar surface area (TPSA) is 25.8 Å². The Morgan fingerprint density at radius 1 is 1.04 bits per heavy atom. The molecule has 27 heavy (non-hydrogen) atoms. The fourth-order valence-corrected chi connectivity index (χ4v) is 2.35. The summed E-state index contributed by atoms with van der Waals surface area (Å²) in [5.41, 5.74) is 4.79. The number of rotatable bonds is 5. The predicted molar refractivity (Wildman–Crippen MR) is 131 cm³/mol. The fraction of sp³-hybridized carbons (Fsp3) is 0.417. The van der Waals surface area contributed by atoms with Gasteiger partial charge in [0.1, 0.15) is 0 Å². The SMILES string of the molecule is C=C/C=C\c1c(C)cnnc1CCCC.CC.CC.Cc1ccc(I)cc1. The van der Waals surface area contributed by atoms with E-state index in [0.717, 1.165) is 18.5 Å². The van der Waals surface area contributed by atoms with Gasteiger partial charge in [0.15, 0.2) is 0 Å². The van der Waals surface area contributed by atoms with Gasteiger partial charge in [-0.25, -0.2) is 0 Å². The minimum Gasteiger partial charge on any atom is -0.159 e. The van der Waals surface area contributed by atoms with Gasteiger partial charge in [-0.2, -0.15) is 10.2 Å². The van der Waals surface area contributed by atoms with Gasteiger partial charge in [0.25, 0.3) is 0 Å². The standard InChI is InChI=1S/C13H18N2.C7H7I.2C2H6/c1-4-6-8-12-11(3)10-14-15-13(12)9-7-5-2;1-6-2-4-7(8)5-3-6;2*1-2/h4,6,8,10H,1,5,7,9H2,2-3H3;2-5H,1H3;2*1-2H3/b8-6-;;;. The van der Waals surface area contributed by atoms with Crippen LogP contribution in [0.4, 0.5) is 0 Å². The Labute approximate surface area is 181 Å². The monoisotopic (exact) mass is 480 g/mol. The maximum Gasteiger partial charge on any atom is 0.0705 e. The van der Waals surface area contributed by atoms with E-state index in [2.05, 4.69) is 90.5 Å². The number of aryl methyl sites for hydroxylation is 3. The Hall–Kier alpha value is -1.49. The number of hydrogen-bond donors (Lipinski definition) is 0. The summed E-state index contributed by atoms with van der Waals surface area (Å²) in [7, 11) is 0. The molecule has 0 aliphatic rings. The highest BCUT2D eigenvalue weighted by Crippen LogP contribution is 2.14. The number of hydrogen-bond acceptors (Lipinski definition) is 2. The number of unbranched alkanes of at least 4 members (excludes halogenated alkanes) is 1. The van der Waals surface area contributed by atoms with Crippen molar-refractivity contribution in [3.63, 3.8) is 0 Å². The molecule has 0 unspecified atom stereocenters. The second-order valence-electron chi connectivity index (χ2n) is 5.38. The minimum absolute atomic E-state index is 1.00. The van der Waals surface area contributed by atoms with E-state index >= 15 is 0 Å². The Morgan fingerprint density at radius 3 is 2.11 bits per heavy atom. The Morgan fingerprint density at radius 2 is 1.63 bits per heavy atom. The molecule has 2 rings (SSSR count). The van der Waals surface area contributed by atoms with Crippen LogP contribution in [0.25, 0.3) is 6.08 Å². The summed E-state index contributed by atoms with van der Waals surface area (Å²) >= 11 is 2.30. The molecule has 2 aromatic rings. The van der Waals surface area contributed by atoms with E-state index in [9.17, 15) is 0 Å². The van der Waals surface area contributed by atoms with E-state index < -0.39 is 0 Å². The predicted octanol–water partition coefficient (Wildman–Crippen LogP) is 7.98. The molecule has 0 saturated heterocycles. The highest BCUT2D eigenvalue weighted by Gasteiger charge is 2.04. The Balaban J connectivity index is 0. The average Bonchev–Trinajstić information content (AvgIpc) is 2.71. The highest BCUT2D eigenvalue weighted by molar-refractivity contribution is 14.1. The van der Waals surface area contributed by atoms with Crippen LogP contribution in [-0.4, -0.2) is 10.2 Å². The minimum atomic E-state index is 1.00. The molecule has 0 bridgehead atoms. The quantitative estimate of drug-likeness (QED) is 0.320. The third-order valence-corrected chi connectivity index (χ3v) is 4.06. The van der Waals surface area contributed by atoms with Crippen LogP contribution in [0.1, 0.15) is 69.8 Å². The van der Waals surface area contributed by atoms with Crippen LogP contribution in [0.5, 0.6) is 0 Å². The molecular formula is C24H37IN2. The zero-order valence-corrected chi connectivity index (χ0v) is 20.4. The Bertz CT molecular complexity index is 610. The van der Waals surface area contributed by atoms with Gasteiger partial charge in [0.2, 0.25) is 0 Å². The summed E-state index contributed by atoms with van der Waals surface area (Å²) in [5.74, 6) is 0. The molecule has 0 N–H and O–H groups in total. The summed E-state index contributed by atoms with van der Waals surface area (Å²) in [4.78, 5) is 0. The maximum absolute atomic E-state index is 4.19. The molecule has 1 aromatic carbocycles. The van der Waals surface area contributed by atoms with Crippen molar-refractivity contribution in [2.75, 3.05) is 0 Å². The average molecular weight is 480 g/mol. The van der Waals surface area contributed by atoms with E-state index in [-0.39, 0.29) is 0 Å². The van der Waals surface area contributed by atoms with Crippen molar-refractivity contribution >= 4 is 28.7 Å². The summed E-state index contributed by atoms with van der Waals surface area (Å²) in [6.45, 7) is 18.0. The lowest BCUT2D eigenvalue weighted by Gasteiger charge is -2.05. The molecule has 0 aliphatic carbocycles. The highest BCUT2D eigenvalue weighted by atomic mass is 127. The molecule has 3 heteroatoms. The third-order valence-electron chi connectivity index (χ3n) is 3.34. The normalized spacial score (nSPS) is 9.19. The summed E-state index contributed by atoms with van der Waals surface area (Å²) in [6.07, 6.45) is 10.9. The van der Waals surface area contributed by atoms with Crippen LogP contribution in [0.15, 0.2) is 49.2 Å². The number of nitrogens with zero attached hydrogens (tertiary/aromatic N) is 2. The van der Waals surface area contributed by atoms with Crippen molar-refractivity contribution in [1.29, 1.82) is 0 Å². The zero-order chi connectivity index (χ0) is 21.1. The van der Waals surface area contributed by atoms with Crippen LogP contribution in [0.2, 0.25) is 0 Å². The molecule has 0 spiro atoms. The molecule has 0 atom stereocenters. The molecular weight excluding hydrogens is 443 g/mol. The molecule has 0 amide bonds. The van der Waals surface area contributed by atoms with E-state index in [1.54, 1.807) is 12.3 Å². The third kappa shape index (κ3) is 13.3. The molecule has 1 heterocycles. The lowest BCUT2D eigenvalue weighted by molar-refractivity contribution is 0.755. The molecule has 0 aliphatic heterocycles. The van der Waals surface area contributed by atoms with Gasteiger partial charge in [-0.05, 0) is 67.0 Å². The molecule has 1 aromatic heterocycles. The van der Waals surface area contributed by atoms with Gasteiger partial charge in [0.05, 0.1) is 11.9 Å². The molecule has 2 nitrogen and oxygen atoms in total. The molecule has 150 valence electrons. The largest absolute Gasteiger partial charge is 0.159 e. The number of aromatic nitrogens is 2. The van der Waals surface area contributed by atoms with E-state index in [1.807, 2.05) is 33.8 Å². The van der Waals surface area contributed by atoms with Gasteiger partial charge in [0, 0.05) is 9.13 Å². The van der Waals surface area contributed by atoms with Crippen LogP contribution < -0.4 is 0 Å². The van der Waals surface area contributed by atoms with Gasteiger partial charge >= 0.3 is 0 Å². The van der Waals surface area contributed by atoms with Crippen molar-refractivity contribution in [2.45, 2.75) is 67.7 Å². The summed E-state index contributed by atoms with van der Waals surface area (Å²) in [6, 6.07) is 8.44. The smallest absolute Gasteiger partial charge is 0.0705 e. The van der Waals surface area contributed by atoms with E-state index in [0.29, 0.717) is 0 Å². The second-order valence-corrected chi connectivity index (χ2v) is 6.63. The van der Waals surface area contributed by atoms with Gasteiger partial charge < -0.3 is 0 Å². The fourth-order valence-electron chi connectivity index (χ4n) is 1.99. The zero-order valence-electron chi connectivity index (χ0n) is 18.2. The van der Waals surface area contributed by atoms with Crippen LogP contribution >= 0.6 is 22.6 Å². The molecule has 0 fully saturated rings. The number of halogens is 1. The lowest BCUT2D eigenvalue weighted by Crippen LogP contribution is -1.99. The van der Waals surface area contributed by atoms with Crippen LogP contribution in [0, 0.1) is 17.4 Å². The number of benzene rings is 1. The maximum atomic E-state index is 4.19. The van der Waals surface area contributed by atoms with Crippen molar-refractivity contribution in [2.24, 2.45) is 0 Å². The second kappa shape index (κ2) is 19.3. The number of allylic oxidation sites excluding steroid dienone is 2. The van der Waals surface area contributed by atoms with Crippen LogP contribution in [0.3, 0.4) is 0 Å². The van der Waals surface area contributed by atoms with E-state index in [1.165, 1.54) is 26.7 Å². The first kappa shape index (κ1) is 27.7. The lowest BCUT2D eigenvalue weighted by atomic mass is 10.0. The molecule has 0 saturated carbocycles. The first-order valence-electron chi connectivity index (χ1n) is 9.91. The summed E-state index contributed by atoms with van der Waals surface area (Å²) in [5, 5.41) is 8.19. The van der Waals surface area contributed by atoms with Gasteiger partial charge in [-0.1, -0.05) is 83.5 Å². The van der Waals surface area contributed by atoms with Crippen molar-refractivity contribution in [3.8, 4) is 0 Å². The van der Waals surface area contributed by atoms with Gasteiger partial charge in [-0.3, -0.25) is 0 Å². The van der Waals surface area contributed by atoms with Crippen molar-refractivity contribution < 1.29 is 0 Å². The molecule has 0 radical (unpaired) electrons.